The summed E-state index contributed by atoms with van der Waals surface area (Å²) in [4.78, 5) is 0. The Labute approximate surface area is 97.2 Å². The van der Waals surface area contributed by atoms with Gasteiger partial charge in [0.1, 0.15) is 5.82 Å². The Kier molecular flexibility index (Phi) is 4.70. The normalized spacial score (nSPS) is 12.9. The number of rotatable bonds is 4. The Bertz CT molecular complexity index is 316. The minimum atomic E-state index is -0.468. The highest BCUT2D eigenvalue weighted by molar-refractivity contribution is 9.10. The third-order valence-electron chi connectivity index (χ3n) is 2.02. The number of ether oxygens (including phenoxy) is 1. The van der Waals surface area contributed by atoms with Crippen molar-refractivity contribution in [2.45, 2.75) is 26.1 Å². The largest absolute Gasteiger partial charge is 0.393 e. The Balaban J connectivity index is 2.97. The molecule has 0 spiro atoms. The van der Waals surface area contributed by atoms with Crippen molar-refractivity contribution in [3.05, 3.63) is 33.5 Å². The van der Waals surface area contributed by atoms with Crippen LogP contribution in [0, 0.1) is 5.82 Å². The fourth-order valence-corrected chi connectivity index (χ4v) is 1.99. The molecule has 2 nitrogen and oxygen atoms in total. The maximum atomic E-state index is 13.6. The predicted molar refractivity (Wildman–Crippen MR) is 60.2 cm³/mol. The molecule has 0 saturated carbocycles. The highest BCUT2D eigenvalue weighted by Gasteiger charge is 2.10. The third-order valence-corrected chi connectivity index (χ3v) is 2.73. The summed E-state index contributed by atoms with van der Waals surface area (Å²) in [6, 6.07) is 3.25. The minimum absolute atomic E-state index is 0.237. The maximum absolute atomic E-state index is 13.6. The molecule has 0 aliphatic heterocycles. The molecule has 1 atom stereocenters. The second-order valence-corrected chi connectivity index (χ2v) is 4.38. The number of halogens is 2. The summed E-state index contributed by atoms with van der Waals surface area (Å²) in [5.41, 5.74) is 1.28. The van der Waals surface area contributed by atoms with Crippen LogP contribution in [0.5, 0.6) is 0 Å². The van der Waals surface area contributed by atoms with Gasteiger partial charge in [-0.1, -0.05) is 15.9 Å². The van der Waals surface area contributed by atoms with Gasteiger partial charge in [0.25, 0.3) is 0 Å². The molecule has 1 rings (SSSR count). The van der Waals surface area contributed by atoms with Gasteiger partial charge in [-0.15, -0.1) is 0 Å². The van der Waals surface area contributed by atoms with E-state index in [9.17, 15) is 9.50 Å². The average molecular weight is 277 g/mol. The van der Waals surface area contributed by atoms with E-state index >= 15 is 0 Å². The van der Waals surface area contributed by atoms with Crippen LogP contribution in [0.25, 0.3) is 0 Å². The van der Waals surface area contributed by atoms with Gasteiger partial charge in [0.15, 0.2) is 0 Å². The van der Waals surface area contributed by atoms with Crippen LogP contribution in [-0.2, 0) is 17.8 Å². The number of aliphatic hydroxyl groups excluding tert-OH is 1. The van der Waals surface area contributed by atoms with Crippen LogP contribution in [-0.4, -0.2) is 18.3 Å². The van der Waals surface area contributed by atoms with E-state index in [0.717, 1.165) is 5.56 Å². The molecular formula is C11H14BrFO2. The van der Waals surface area contributed by atoms with Crippen molar-refractivity contribution in [1.82, 2.24) is 0 Å². The topological polar surface area (TPSA) is 29.5 Å². The molecule has 0 amide bonds. The Morgan fingerprint density at radius 1 is 1.53 bits per heavy atom. The Hall–Kier alpha value is -0.450. The number of hydrogen-bond acceptors (Lipinski definition) is 2. The first-order valence-electron chi connectivity index (χ1n) is 4.68. The summed E-state index contributed by atoms with van der Waals surface area (Å²) >= 11 is 3.29. The number of methoxy groups -OCH3 is 1. The smallest absolute Gasteiger partial charge is 0.130 e. The van der Waals surface area contributed by atoms with Gasteiger partial charge in [0, 0.05) is 17.1 Å². The Morgan fingerprint density at radius 3 is 2.67 bits per heavy atom. The zero-order valence-corrected chi connectivity index (χ0v) is 10.3. The zero-order chi connectivity index (χ0) is 11.4. The lowest BCUT2D eigenvalue weighted by atomic mass is 10.1. The summed E-state index contributed by atoms with van der Waals surface area (Å²) in [5.74, 6) is -0.304. The van der Waals surface area contributed by atoms with Crippen LogP contribution in [0.1, 0.15) is 18.1 Å². The number of aliphatic hydroxyl groups is 1. The van der Waals surface area contributed by atoms with E-state index in [0.29, 0.717) is 16.5 Å². The first-order chi connectivity index (χ1) is 7.04. The lowest BCUT2D eigenvalue weighted by molar-refractivity contribution is 0.180. The first kappa shape index (κ1) is 12.6. The van der Waals surface area contributed by atoms with Gasteiger partial charge in [0.2, 0.25) is 0 Å². The fourth-order valence-electron chi connectivity index (χ4n) is 1.40. The van der Waals surface area contributed by atoms with Crippen molar-refractivity contribution in [2.75, 3.05) is 7.11 Å². The van der Waals surface area contributed by atoms with Crippen LogP contribution in [0.2, 0.25) is 0 Å². The van der Waals surface area contributed by atoms with Crippen LogP contribution in [0.4, 0.5) is 4.39 Å². The van der Waals surface area contributed by atoms with Crippen molar-refractivity contribution in [3.8, 4) is 0 Å². The highest BCUT2D eigenvalue weighted by atomic mass is 79.9. The van der Waals surface area contributed by atoms with Crippen molar-refractivity contribution < 1.29 is 14.2 Å². The molecule has 1 unspecified atom stereocenters. The Morgan fingerprint density at radius 2 is 2.20 bits per heavy atom. The van der Waals surface area contributed by atoms with Gasteiger partial charge in [-0.05, 0) is 31.0 Å². The first-order valence-corrected chi connectivity index (χ1v) is 5.47. The van der Waals surface area contributed by atoms with E-state index in [4.69, 9.17) is 4.74 Å². The minimum Gasteiger partial charge on any atom is -0.393 e. The highest BCUT2D eigenvalue weighted by Crippen LogP contribution is 2.23. The van der Waals surface area contributed by atoms with Crippen LogP contribution in [0.15, 0.2) is 16.6 Å². The number of hydrogen-bond donors (Lipinski definition) is 1. The molecule has 1 N–H and O–H groups in total. The molecule has 0 aliphatic rings. The fraction of sp³-hybridized carbons (Fsp3) is 0.455. The van der Waals surface area contributed by atoms with Gasteiger partial charge >= 0.3 is 0 Å². The SMILES string of the molecule is COCc1c(F)cc(CC(C)O)cc1Br. The summed E-state index contributed by atoms with van der Waals surface area (Å²) in [5, 5.41) is 9.20. The van der Waals surface area contributed by atoms with E-state index in [1.165, 1.54) is 13.2 Å². The second-order valence-electron chi connectivity index (χ2n) is 3.52. The maximum Gasteiger partial charge on any atom is 0.130 e. The van der Waals surface area contributed by atoms with Crippen molar-refractivity contribution in [3.63, 3.8) is 0 Å². The quantitative estimate of drug-likeness (QED) is 0.916. The van der Waals surface area contributed by atoms with Gasteiger partial charge < -0.3 is 9.84 Å². The summed E-state index contributed by atoms with van der Waals surface area (Å²) in [6.45, 7) is 1.91. The molecule has 1 aromatic carbocycles. The van der Waals surface area contributed by atoms with Crippen molar-refractivity contribution >= 4 is 15.9 Å². The monoisotopic (exact) mass is 276 g/mol. The third kappa shape index (κ3) is 3.55. The molecule has 0 radical (unpaired) electrons. The molecule has 0 bridgehead atoms. The second kappa shape index (κ2) is 5.58. The van der Waals surface area contributed by atoms with E-state index < -0.39 is 6.10 Å². The lowest BCUT2D eigenvalue weighted by Crippen LogP contribution is -2.05. The standard InChI is InChI=1S/C11H14BrFO2/c1-7(14)3-8-4-10(12)9(6-15-2)11(13)5-8/h4-5,7,14H,3,6H2,1-2H3. The summed E-state index contributed by atoms with van der Waals surface area (Å²) in [6.07, 6.45) is -0.0208. The van der Waals surface area contributed by atoms with E-state index in [-0.39, 0.29) is 12.4 Å². The molecule has 0 aliphatic carbocycles. The van der Waals surface area contributed by atoms with E-state index in [2.05, 4.69) is 15.9 Å². The molecule has 1 aromatic rings. The van der Waals surface area contributed by atoms with Gasteiger partial charge in [-0.25, -0.2) is 4.39 Å². The van der Waals surface area contributed by atoms with Gasteiger partial charge in [-0.2, -0.15) is 0 Å². The summed E-state index contributed by atoms with van der Waals surface area (Å²) in [7, 11) is 1.52. The lowest BCUT2D eigenvalue weighted by Gasteiger charge is -2.09. The predicted octanol–water partition coefficient (Wildman–Crippen LogP) is 2.66. The molecule has 0 saturated heterocycles. The van der Waals surface area contributed by atoms with E-state index in [1.54, 1.807) is 6.92 Å². The molecular weight excluding hydrogens is 263 g/mol. The zero-order valence-electron chi connectivity index (χ0n) is 8.76. The van der Waals surface area contributed by atoms with Gasteiger partial charge in [-0.3, -0.25) is 0 Å². The van der Waals surface area contributed by atoms with Gasteiger partial charge in [0.05, 0.1) is 12.7 Å². The molecule has 0 fully saturated rings. The molecule has 4 heteroatoms. The van der Waals surface area contributed by atoms with Crippen LogP contribution >= 0.6 is 15.9 Å². The van der Waals surface area contributed by atoms with Crippen molar-refractivity contribution in [2.24, 2.45) is 0 Å². The summed E-state index contributed by atoms with van der Waals surface area (Å²) < 4.78 is 19.1. The van der Waals surface area contributed by atoms with Crippen LogP contribution < -0.4 is 0 Å². The molecule has 0 aromatic heterocycles. The van der Waals surface area contributed by atoms with Crippen molar-refractivity contribution in [1.29, 1.82) is 0 Å². The van der Waals surface area contributed by atoms with E-state index in [1.807, 2.05) is 6.07 Å². The van der Waals surface area contributed by atoms with Crippen LogP contribution in [0.3, 0.4) is 0 Å². The number of benzene rings is 1. The molecule has 0 heterocycles. The molecule has 15 heavy (non-hydrogen) atoms. The average Bonchev–Trinajstić information content (AvgIpc) is 2.10. The molecule has 84 valence electrons.